The zero-order valence-electron chi connectivity index (χ0n) is 14.6. The molecule has 0 heterocycles. The van der Waals surface area contributed by atoms with E-state index in [0.29, 0.717) is 35.9 Å². The molecule has 5 heteroatoms. The van der Waals surface area contributed by atoms with E-state index in [0.717, 1.165) is 12.8 Å². The molecule has 1 saturated carbocycles. The Labute approximate surface area is 153 Å². The van der Waals surface area contributed by atoms with E-state index in [9.17, 15) is 14.7 Å². The molecule has 0 aromatic heterocycles. The molecule has 3 rings (SSSR count). The number of aromatic carboxylic acids is 1. The topological polar surface area (TPSA) is 75.6 Å². The summed E-state index contributed by atoms with van der Waals surface area (Å²) < 4.78 is 5.76. The lowest BCUT2D eigenvalue weighted by molar-refractivity contribution is 0.0582. The molecular formula is C21H23NO4. The third-order valence-electron chi connectivity index (χ3n) is 4.66. The van der Waals surface area contributed by atoms with Gasteiger partial charge in [0.05, 0.1) is 18.3 Å². The summed E-state index contributed by atoms with van der Waals surface area (Å²) in [7, 11) is 0. The van der Waals surface area contributed by atoms with E-state index >= 15 is 0 Å². The smallest absolute Gasteiger partial charge is 0.336 e. The molecule has 136 valence electrons. The van der Waals surface area contributed by atoms with Crippen LogP contribution in [0.2, 0.25) is 0 Å². The molecule has 0 bridgehead atoms. The Morgan fingerprint density at radius 3 is 2.19 bits per heavy atom. The lowest BCUT2D eigenvalue weighted by atomic mass is 9.95. The lowest BCUT2D eigenvalue weighted by Gasteiger charge is -2.14. The monoisotopic (exact) mass is 353 g/mol. The molecule has 1 aliphatic rings. The van der Waals surface area contributed by atoms with Gasteiger partial charge in [-0.1, -0.05) is 49.2 Å². The molecule has 2 N–H and O–H groups in total. The number of benzene rings is 2. The van der Waals surface area contributed by atoms with Gasteiger partial charge < -0.3 is 15.2 Å². The van der Waals surface area contributed by atoms with Crippen LogP contribution >= 0.6 is 0 Å². The van der Waals surface area contributed by atoms with Crippen LogP contribution in [-0.2, 0) is 4.74 Å². The van der Waals surface area contributed by atoms with Crippen LogP contribution in [0.1, 0.15) is 46.4 Å². The molecule has 26 heavy (non-hydrogen) atoms. The van der Waals surface area contributed by atoms with Gasteiger partial charge in [-0.2, -0.15) is 0 Å². The van der Waals surface area contributed by atoms with Gasteiger partial charge in [0.25, 0.3) is 5.91 Å². The third kappa shape index (κ3) is 4.29. The van der Waals surface area contributed by atoms with Gasteiger partial charge in [0.2, 0.25) is 0 Å². The zero-order valence-corrected chi connectivity index (χ0v) is 14.6. The molecular weight excluding hydrogens is 330 g/mol. The highest BCUT2D eigenvalue weighted by molar-refractivity contribution is 6.04. The predicted molar refractivity (Wildman–Crippen MR) is 99.4 cm³/mol. The maximum absolute atomic E-state index is 12.6. The van der Waals surface area contributed by atoms with Crippen molar-refractivity contribution in [3.05, 3.63) is 59.7 Å². The molecule has 1 aliphatic carbocycles. The van der Waals surface area contributed by atoms with Gasteiger partial charge in [-0.05, 0) is 36.1 Å². The summed E-state index contributed by atoms with van der Waals surface area (Å²) in [5.74, 6) is -1.24. The average molecular weight is 353 g/mol. The van der Waals surface area contributed by atoms with E-state index in [1.807, 2.05) is 0 Å². The predicted octanol–water partition coefficient (Wildman–Crippen LogP) is 3.74. The SMILES string of the molecule is O=C(O)c1ccccc1-c1ccccc1C(=O)NCCOC1CCCC1. The second-order valence-corrected chi connectivity index (χ2v) is 6.43. The van der Waals surface area contributed by atoms with Crippen molar-refractivity contribution < 1.29 is 19.4 Å². The van der Waals surface area contributed by atoms with Crippen LogP contribution in [0, 0.1) is 0 Å². The highest BCUT2D eigenvalue weighted by Crippen LogP contribution is 2.27. The zero-order chi connectivity index (χ0) is 18.4. The van der Waals surface area contributed by atoms with Crippen LogP contribution in [0.3, 0.4) is 0 Å². The van der Waals surface area contributed by atoms with Gasteiger partial charge in [0.1, 0.15) is 0 Å². The van der Waals surface area contributed by atoms with Gasteiger partial charge >= 0.3 is 5.97 Å². The van der Waals surface area contributed by atoms with E-state index < -0.39 is 5.97 Å². The number of ether oxygens (including phenoxy) is 1. The van der Waals surface area contributed by atoms with Gasteiger partial charge in [0, 0.05) is 12.1 Å². The maximum atomic E-state index is 12.6. The summed E-state index contributed by atoms with van der Waals surface area (Å²) in [4.78, 5) is 24.1. The van der Waals surface area contributed by atoms with Crippen molar-refractivity contribution in [2.24, 2.45) is 0 Å². The molecule has 0 spiro atoms. The van der Waals surface area contributed by atoms with Gasteiger partial charge in [-0.3, -0.25) is 4.79 Å². The second-order valence-electron chi connectivity index (χ2n) is 6.43. The number of carbonyl (C=O) groups is 2. The number of carbonyl (C=O) groups excluding carboxylic acids is 1. The van der Waals surface area contributed by atoms with Crippen LogP contribution in [0.4, 0.5) is 0 Å². The summed E-state index contributed by atoms with van der Waals surface area (Å²) in [5.41, 5.74) is 1.78. The fourth-order valence-corrected chi connectivity index (χ4v) is 3.36. The normalized spacial score (nSPS) is 14.3. The van der Waals surface area contributed by atoms with E-state index in [1.165, 1.54) is 12.8 Å². The molecule has 0 radical (unpaired) electrons. The Balaban J connectivity index is 1.70. The van der Waals surface area contributed by atoms with E-state index in [1.54, 1.807) is 48.5 Å². The number of carboxylic acid groups (broad SMARTS) is 1. The van der Waals surface area contributed by atoms with Crippen molar-refractivity contribution in [3.8, 4) is 11.1 Å². The van der Waals surface area contributed by atoms with Crippen molar-refractivity contribution >= 4 is 11.9 Å². The molecule has 0 atom stereocenters. The number of amides is 1. The van der Waals surface area contributed by atoms with Crippen LogP contribution in [0.25, 0.3) is 11.1 Å². The first-order chi connectivity index (χ1) is 12.7. The first-order valence-electron chi connectivity index (χ1n) is 8.98. The average Bonchev–Trinajstić information content (AvgIpc) is 3.18. The number of nitrogens with one attached hydrogen (secondary N) is 1. The van der Waals surface area contributed by atoms with Crippen molar-refractivity contribution in [3.63, 3.8) is 0 Å². The van der Waals surface area contributed by atoms with Crippen LogP contribution in [0.15, 0.2) is 48.5 Å². The fraction of sp³-hybridized carbons (Fsp3) is 0.333. The van der Waals surface area contributed by atoms with E-state index in [-0.39, 0.29) is 11.5 Å². The van der Waals surface area contributed by atoms with E-state index in [2.05, 4.69) is 5.32 Å². The molecule has 2 aromatic rings. The van der Waals surface area contributed by atoms with Crippen molar-refractivity contribution in [2.45, 2.75) is 31.8 Å². The summed E-state index contributed by atoms with van der Waals surface area (Å²) >= 11 is 0. The molecule has 1 amide bonds. The minimum atomic E-state index is -1.01. The summed E-state index contributed by atoms with van der Waals surface area (Å²) in [5, 5.41) is 12.3. The van der Waals surface area contributed by atoms with Gasteiger partial charge in [-0.25, -0.2) is 4.79 Å². The van der Waals surface area contributed by atoms with Crippen LogP contribution in [-0.4, -0.2) is 36.2 Å². The number of rotatable bonds is 7. The first kappa shape index (κ1) is 18.1. The summed E-state index contributed by atoms with van der Waals surface area (Å²) in [6, 6.07) is 13.8. The minimum Gasteiger partial charge on any atom is -0.478 e. The van der Waals surface area contributed by atoms with Gasteiger partial charge in [0.15, 0.2) is 0 Å². The molecule has 0 saturated heterocycles. The molecule has 0 aliphatic heterocycles. The molecule has 0 unspecified atom stereocenters. The maximum Gasteiger partial charge on any atom is 0.336 e. The Bertz CT molecular complexity index is 781. The van der Waals surface area contributed by atoms with Crippen molar-refractivity contribution in [1.82, 2.24) is 5.32 Å². The Morgan fingerprint density at radius 2 is 1.54 bits per heavy atom. The van der Waals surface area contributed by atoms with Crippen molar-refractivity contribution in [1.29, 1.82) is 0 Å². The largest absolute Gasteiger partial charge is 0.478 e. The quantitative estimate of drug-likeness (QED) is 0.744. The summed E-state index contributed by atoms with van der Waals surface area (Å²) in [6.45, 7) is 0.925. The number of carboxylic acids is 1. The van der Waals surface area contributed by atoms with Crippen LogP contribution in [0.5, 0.6) is 0 Å². The Hall–Kier alpha value is -2.66. The Morgan fingerprint density at radius 1 is 0.962 bits per heavy atom. The van der Waals surface area contributed by atoms with Crippen LogP contribution < -0.4 is 5.32 Å². The second kappa shape index (κ2) is 8.63. The summed E-state index contributed by atoms with van der Waals surface area (Å²) in [6.07, 6.45) is 4.95. The van der Waals surface area contributed by atoms with E-state index in [4.69, 9.17) is 4.74 Å². The fourth-order valence-electron chi connectivity index (χ4n) is 3.36. The third-order valence-corrected chi connectivity index (χ3v) is 4.66. The standard InChI is InChI=1S/C21H23NO4/c23-20(22-13-14-26-15-7-1-2-8-15)18-11-5-3-9-16(18)17-10-4-6-12-19(17)21(24)25/h3-6,9-12,15H,1-2,7-8,13-14H2,(H,22,23)(H,24,25). The molecule has 5 nitrogen and oxygen atoms in total. The Kier molecular flexibility index (Phi) is 6.02. The number of hydrogen-bond donors (Lipinski definition) is 2. The van der Waals surface area contributed by atoms with Crippen molar-refractivity contribution in [2.75, 3.05) is 13.2 Å². The highest BCUT2D eigenvalue weighted by atomic mass is 16.5. The van der Waals surface area contributed by atoms with Gasteiger partial charge in [-0.15, -0.1) is 0 Å². The number of hydrogen-bond acceptors (Lipinski definition) is 3. The lowest BCUT2D eigenvalue weighted by Crippen LogP contribution is -2.28. The molecule has 1 fully saturated rings. The first-order valence-corrected chi connectivity index (χ1v) is 8.98. The molecule has 2 aromatic carbocycles. The highest BCUT2D eigenvalue weighted by Gasteiger charge is 2.18. The minimum absolute atomic E-state index is 0.178.